The van der Waals surface area contributed by atoms with Crippen LogP contribution in [-0.2, 0) is 9.53 Å². The molecular weight excluding hydrogens is 319 g/mol. The molecule has 0 aliphatic heterocycles. The SMILES string of the molecule is COC(=O)N(C)CCCC(=O)Nc1cc(-c2nn[nH]n2)ccc1F. The number of H-pyrrole nitrogens is 1. The molecule has 2 rings (SSSR count). The number of benzene rings is 1. The molecule has 10 heteroatoms. The summed E-state index contributed by atoms with van der Waals surface area (Å²) in [4.78, 5) is 24.5. The molecule has 1 aromatic heterocycles. The van der Waals surface area contributed by atoms with Crippen molar-refractivity contribution in [3.05, 3.63) is 24.0 Å². The van der Waals surface area contributed by atoms with Crippen LogP contribution < -0.4 is 5.32 Å². The van der Waals surface area contributed by atoms with Crippen LogP contribution in [0.2, 0.25) is 0 Å². The lowest BCUT2D eigenvalue weighted by atomic mass is 10.1. The average molecular weight is 336 g/mol. The second kappa shape index (κ2) is 7.99. The van der Waals surface area contributed by atoms with Gasteiger partial charge < -0.3 is 15.0 Å². The lowest BCUT2D eigenvalue weighted by molar-refractivity contribution is -0.116. The number of aromatic amines is 1. The van der Waals surface area contributed by atoms with Gasteiger partial charge in [0, 0.05) is 25.6 Å². The summed E-state index contributed by atoms with van der Waals surface area (Å²) in [5.41, 5.74) is 0.550. The Hall–Kier alpha value is -3.04. The first-order chi connectivity index (χ1) is 11.5. The van der Waals surface area contributed by atoms with Crippen LogP contribution in [0.1, 0.15) is 12.8 Å². The molecule has 0 aliphatic carbocycles. The van der Waals surface area contributed by atoms with E-state index in [4.69, 9.17) is 0 Å². The number of ether oxygens (including phenoxy) is 1. The van der Waals surface area contributed by atoms with Crippen molar-refractivity contribution >= 4 is 17.7 Å². The average Bonchev–Trinajstić information content (AvgIpc) is 3.10. The molecule has 0 fully saturated rings. The highest BCUT2D eigenvalue weighted by Gasteiger charge is 2.12. The summed E-state index contributed by atoms with van der Waals surface area (Å²) in [6, 6.07) is 4.13. The van der Waals surface area contributed by atoms with Gasteiger partial charge in [0.05, 0.1) is 12.8 Å². The number of halogens is 1. The van der Waals surface area contributed by atoms with Crippen molar-refractivity contribution in [3.8, 4) is 11.4 Å². The van der Waals surface area contributed by atoms with Gasteiger partial charge in [-0.3, -0.25) is 4.79 Å². The number of methoxy groups -OCH3 is 1. The van der Waals surface area contributed by atoms with E-state index in [0.29, 0.717) is 24.4 Å². The maximum atomic E-state index is 13.8. The minimum absolute atomic E-state index is 0.0311. The summed E-state index contributed by atoms with van der Waals surface area (Å²) >= 11 is 0. The highest BCUT2D eigenvalue weighted by atomic mass is 19.1. The number of aromatic nitrogens is 4. The van der Waals surface area contributed by atoms with E-state index in [-0.39, 0.29) is 18.0 Å². The van der Waals surface area contributed by atoms with Crippen LogP contribution in [0.25, 0.3) is 11.4 Å². The number of nitrogens with one attached hydrogen (secondary N) is 2. The van der Waals surface area contributed by atoms with Gasteiger partial charge in [-0.25, -0.2) is 9.18 Å². The summed E-state index contributed by atoms with van der Waals surface area (Å²) in [7, 11) is 2.85. The minimum Gasteiger partial charge on any atom is -0.453 e. The second-order valence-electron chi connectivity index (χ2n) is 4.97. The van der Waals surface area contributed by atoms with Crippen molar-refractivity contribution in [1.82, 2.24) is 25.5 Å². The summed E-state index contributed by atoms with van der Waals surface area (Å²) in [5.74, 6) is -0.634. The van der Waals surface area contributed by atoms with E-state index in [1.54, 1.807) is 7.05 Å². The zero-order chi connectivity index (χ0) is 17.5. The van der Waals surface area contributed by atoms with Gasteiger partial charge in [-0.2, -0.15) is 5.21 Å². The topological polar surface area (TPSA) is 113 Å². The third kappa shape index (κ3) is 4.48. The molecule has 2 N–H and O–H groups in total. The number of anilines is 1. The molecule has 9 nitrogen and oxygen atoms in total. The Morgan fingerprint density at radius 1 is 1.42 bits per heavy atom. The van der Waals surface area contributed by atoms with Gasteiger partial charge in [-0.05, 0) is 29.8 Å². The van der Waals surface area contributed by atoms with Crippen LogP contribution in [0, 0.1) is 5.82 Å². The van der Waals surface area contributed by atoms with Gasteiger partial charge in [0.25, 0.3) is 0 Å². The molecule has 0 aliphatic rings. The van der Waals surface area contributed by atoms with Gasteiger partial charge >= 0.3 is 6.09 Å². The molecule has 2 amide bonds. The largest absolute Gasteiger partial charge is 0.453 e. The number of carbonyl (C=O) groups is 2. The Labute approximate surface area is 137 Å². The fraction of sp³-hybridized carbons (Fsp3) is 0.357. The molecule has 128 valence electrons. The summed E-state index contributed by atoms with van der Waals surface area (Å²) in [6.45, 7) is 0.353. The monoisotopic (exact) mass is 336 g/mol. The lowest BCUT2D eigenvalue weighted by Gasteiger charge is -2.15. The van der Waals surface area contributed by atoms with Gasteiger partial charge in [-0.1, -0.05) is 0 Å². The highest BCUT2D eigenvalue weighted by molar-refractivity contribution is 5.91. The van der Waals surface area contributed by atoms with Crippen LogP contribution in [-0.4, -0.2) is 58.2 Å². The number of rotatable bonds is 6. The number of hydrogen-bond acceptors (Lipinski definition) is 6. The predicted molar refractivity (Wildman–Crippen MR) is 82.5 cm³/mol. The molecule has 0 radical (unpaired) electrons. The fourth-order valence-electron chi connectivity index (χ4n) is 1.98. The maximum absolute atomic E-state index is 13.8. The standard InChI is InChI=1S/C14H17FN6O3/c1-21(14(23)24-2)7-3-4-12(22)16-11-8-9(5-6-10(11)15)13-17-19-20-18-13/h5-6,8H,3-4,7H2,1-2H3,(H,16,22)(H,17,18,19,20). The van der Waals surface area contributed by atoms with Crippen LogP contribution in [0.4, 0.5) is 14.9 Å². The van der Waals surface area contributed by atoms with E-state index in [0.717, 1.165) is 0 Å². The molecular formula is C14H17FN6O3. The van der Waals surface area contributed by atoms with Gasteiger partial charge in [0.2, 0.25) is 11.7 Å². The molecule has 1 heterocycles. The van der Waals surface area contributed by atoms with E-state index < -0.39 is 11.9 Å². The van der Waals surface area contributed by atoms with Crippen LogP contribution in [0.5, 0.6) is 0 Å². The molecule has 24 heavy (non-hydrogen) atoms. The Morgan fingerprint density at radius 3 is 2.88 bits per heavy atom. The number of amides is 2. The molecule has 0 atom stereocenters. The Kier molecular flexibility index (Phi) is 5.77. The fourth-order valence-corrected chi connectivity index (χ4v) is 1.98. The zero-order valence-electron chi connectivity index (χ0n) is 13.2. The summed E-state index contributed by atoms with van der Waals surface area (Å²) in [5, 5.41) is 15.8. The quantitative estimate of drug-likeness (QED) is 0.825. The van der Waals surface area contributed by atoms with E-state index in [1.807, 2.05) is 0 Å². The van der Waals surface area contributed by atoms with Crippen molar-refractivity contribution in [2.45, 2.75) is 12.8 Å². The maximum Gasteiger partial charge on any atom is 0.409 e. The number of hydrogen-bond donors (Lipinski definition) is 2. The molecule has 1 aromatic carbocycles. The van der Waals surface area contributed by atoms with Crippen LogP contribution >= 0.6 is 0 Å². The Bertz CT molecular complexity index is 707. The molecule has 0 unspecified atom stereocenters. The van der Waals surface area contributed by atoms with E-state index in [1.165, 1.54) is 30.2 Å². The van der Waals surface area contributed by atoms with E-state index in [9.17, 15) is 14.0 Å². The van der Waals surface area contributed by atoms with Crippen molar-refractivity contribution < 1.29 is 18.7 Å². The highest BCUT2D eigenvalue weighted by Crippen LogP contribution is 2.22. The normalized spacial score (nSPS) is 10.3. The van der Waals surface area contributed by atoms with Crippen LogP contribution in [0.3, 0.4) is 0 Å². The minimum atomic E-state index is -0.567. The summed E-state index contributed by atoms with van der Waals surface area (Å²) < 4.78 is 18.4. The van der Waals surface area contributed by atoms with Crippen molar-refractivity contribution in [2.75, 3.05) is 26.0 Å². The summed E-state index contributed by atoms with van der Waals surface area (Å²) in [6.07, 6.45) is 0.0748. The molecule has 2 aromatic rings. The van der Waals surface area contributed by atoms with E-state index >= 15 is 0 Å². The van der Waals surface area contributed by atoms with Crippen LogP contribution in [0.15, 0.2) is 18.2 Å². The van der Waals surface area contributed by atoms with Crippen molar-refractivity contribution in [2.24, 2.45) is 0 Å². The second-order valence-corrected chi connectivity index (χ2v) is 4.97. The first-order valence-corrected chi connectivity index (χ1v) is 7.13. The zero-order valence-corrected chi connectivity index (χ0v) is 13.2. The van der Waals surface area contributed by atoms with Crippen molar-refractivity contribution in [3.63, 3.8) is 0 Å². The molecule has 0 bridgehead atoms. The third-order valence-electron chi connectivity index (χ3n) is 3.23. The van der Waals surface area contributed by atoms with Gasteiger partial charge in [0.15, 0.2) is 0 Å². The third-order valence-corrected chi connectivity index (χ3v) is 3.23. The predicted octanol–water partition coefficient (Wildman–Crippen LogP) is 1.42. The Morgan fingerprint density at radius 2 is 2.21 bits per heavy atom. The number of tetrazole rings is 1. The van der Waals surface area contributed by atoms with Gasteiger partial charge in [-0.15, -0.1) is 10.2 Å². The van der Waals surface area contributed by atoms with Gasteiger partial charge in [0.1, 0.15) is 5.82 Å². The molecule has 0 spiro atoms. The lowest BCUT2D eigenvalue weighted by Crippen LogP contribution is -2.28. The number of carbonyl (C=O) groups excluding carboxylic acids is 2. The van der Waals surface area contributed by atoms with E-state index in [2.05, 4.69) is 30.7 Å². The first kappa shape index (κ1) is 17.3. The first-order valence-electron chi connectivity index (χ1n) is 7.13. The van der Waals surface area contributed by atoms with Crippen molar-refractivity contribution in [1.29, 1.82) is 0 Å². The Balaban J connectivity index is 1.92. The molecule has 0 saturated carbocycles. The smallest absolute Gasteiger partial charge is 0.409 e. The molecule has 0 saturated heterocycles. The number of nitrogens with zero attached hydrogens (tertiary/aromatic N) is 4.